The zero-order valence-corrected chi connectivity index (χ0v) is 20.6. The predicted octanol–water partition coefficient (Wildman–Crippen LogP) is 6.58. The Labute approximate surface area is 215 Å². The smallest absolute Gasteiger partial charge is 0.231 e. The van der Waals surface area contributed by atoms with E-state index in [1.807, 2.05) is 0 Å². The second-order valence-corrected chi connectivity index (χ2v) is 10.4. The number of amides is 1. The molecule has 2 unspecified atom stereocenters. The molecule has 3 aromatic rings. The van der Waals surface area contributed by atoms with E-state index in [1.54, 1.807) is 36.4 Å². The number of nitrogens with one attached hydrogen (secondary N) is 1. The van der Waals surface area contributed by atoms with Crippen LogP contribution in [0.3, 0.4) is 0 Å². The fourth-order valence-corrected chi connectivity index (χ4v) is 5.25. The molecule has 0 saturated heterocycles. The summed E-state index contributed by atoms with van der Waals surface area (Å²) >= 11 is 31.2. The highest BCUT2D eigenvalue weighted by atomic mass is 35.5. The fourth-order valence-electron chi connectivity index (χ4n) is 3.66. The highest BCUT2D eigenvalue weighted by Gasteiger charge is 2.67. The van der Waals surface area contributed by atoms with Crippen LogP contribution in [0.15, 0.2) is 54.7 Å². The van der Waals surface area contributed by atoms with E-state index in [4.69, 9.17) is 63.7 Å². The normalized spacial score (nSPS) is 18.6. The molecule has 1 fully saturated rings. The van der Waals surface area contributed by atoms with Gasteiger partial charge in [0.2, 0.25) is 5.91 Å². The second kappa shape index (κ2) is 9.32. The van der Waals surface area contributed by atoms with Crippen molar-refractivity contribution in [2.75, 3.05) is 11.1 Å². The molecule has 0 radical (unpaired) electrons. The lowest BCUT2D eigenvalue weighted by atomic mass is 10.0. The van der Waals surface area contributed by atoms with Gasteiger partial charge in [-0.15, -0.1) is 23.2 Å². The van der Waals surface area contributed by atoms with Crippen LogP contribution in [0, 0.1) is 5.92 Å². The Morgan fingerprint density at radius 1 is 1.00 bits per heavy atom. The van der Waals surface area contributed by atoms with Crippen LogP contribution in [-0.2, 0) is 11.2 Å². The van der Waals surface area contributed by atoms with E-state index in [1.165, 1.54) is 18.3 Å². The minimum Gasteiger partial charge on any atom is -0.397 e. The molecule has 33 heavy (non-hydrogen) atoms. The lowest BCUT2D eigenvalue weighted by molar-refractivity contribution is -0.117. The Morgan fingerprint density at radius 2 is 1.70 bits per heavy atom. The van der Waals surface area contributed by atoms with Gasteiger partial charge in [0.1, 0.15) is 4.33 Å². The van der Waals surface area contributed by atoms with Crippen molar-refractivity contribution < 1.29 is 9.59 Å². The maximum absolute atomic E-state index is 12.9. The number of rotatable bonds is 6. The predicted molar refractivity (Wildman–Crippen MR) is 134 cm³/mol. The minimum absolute atomic E-state index is 0.0318. The topological polar surface area (TPSA) is 85.1 Å². The number of nitrogen functional groups attached to an aromatic ring is 1. The average Bonchev–Trinajstić information content (AvgIpc) is 3.32. The van der Waals surface area contributed by atoms with E-state index >= 15 is 0 Å². The van der Waals surface area contributed by atoms with Crippen molar-refractivity contribution in [1.29, 1.82) is 0 Å². The number of benzene rings is 2. The van der Waals surface area contributed by atoms with Crippen molar-refractivity contribution in [3.63, 3.8) is 0 Å². The molecule has 1 saturated carbocycles. The van der Waals surface area contributed by atoms with E-state index in [9.17, 15) is 9.59 Å². The van der Waals surface area contributed by atoms with Gasteiger partial charge in [-0.05, 0) is 54.1 Å². The fraction of sp³-hybridized carbons (Fsp3) is 0.174. The van der Waals surface area contributed by atoms with Crippen molar-refractivity contribution in [2.24, 2.45) is 5.92 Å². The molecule has 1 heterocycles. The molecule has 2 aromatic carbocycles. The first-order chi connectivity index (χ1) is 15.6. The lowest BCUT2D eigenvalue weighted by Gasteiger charge is -2.09. The van der Waals surface area contributed by atoms with E-state index in [2.05, 4.69) is 10.3 Å². The number of aromatic nitrogens is 1. The van der Waals surface area contributed by atoms with Crippen LogP contribution in [0.2, 0.25) is 15.1 Å². The number of alkyl halides is 2. The van der Waals surface area contributed by atoms with Crippen LogP contribution < -0.4 is 11.1 Å². The number of nitrogens with two attached hydrogens (primary N) is 1. The number of carbonyl (C=O) groups excluding carboxylic acids is 2. The van der Waals surface area contributed by atoms with E-state index in [0.29, 0.717) is 32.7 Å². The largest absolute Gasteiger partial charge is 0.397 e. The number of hydrogen-bond donors (Lipinski definition) is 2. The second-order valence-electron chi connectivity index (χ2n) is 7.70. The van der Waals surface area contributed by atoms with Gasteiger partial charge in [0, 0.05) is 32.9 Å². The van der Waals surface area contributed by atoms with Gasteiger partial charge in [-0.3, -0.25) is 14.6 Å². The minimum atomic E-state index is -1.32. The van der Waals surface area contributed by atoms with Gasteiger partial charge in [-0.25, -0.2) is 0 Å². The molecule has 4 rings (SSSR count). The molecule has 3 N–H and O–H groups in total. The summed E-state index contributed by atoms with van der Waals surface area (Å²) in [6, 6.07) is 12.9. The van der Waals surface area contributed by atoms with Gasteiger partial charge >= 0.3 is 0 Å². The maximum atomic E-state index is 12.9. The molecule has 1 aliphatic carbocycles. The Balaban J connectivity index is 1.50. The third-order valence-electron chi connectivity index (χ3n) is 5.30. The number of anilines is 2. The zero-order chi connectivity index (χ0) is 23.9. The number of halogens is 5. The Morgan fingerprint density at radius 3 is 2.33 bits per heavy atom. The number of pyridine rings is 1. The molecule has 1 amide bonds. The third-order valence-corrected chi connectivity index (χ3v) is 7.01. The van der Waals surface area contributed by atoms with Gasteiger partial charge in [0.25, 0.3) is 0 Å². The molecule has 1 aliphatic rings. The number of hydrogen-bond acceptors (Lipinski definition) is 4. The number of Topliss-reactive ketones (excluding diaryl/α,β-unsaturated/α-hetero) is 1. The van der Waals surface area contributed by atoms with Crippen molar-refractivity contribution in [3.8, 4) is 0 Å². The summed E-state index contributed by atoms with van der Waals surface area (Å²) in [6.45, 7) is 0. The molecule has 1 aromatic heterocycles. The summed E-state index contributed by atoms with van der Waals surface area (Å²) in [4.78, 5) is 29.9. The Hall–Kier alpha value is -2.02. The summed E-state index contributed by atoms with van der Waals surface area (Å²) in [5.74, 6) is -1.87. The molecule has 2 atom stereocenters. The molecular weight excluding hydrogens is 528 g/mol. The van der Waals surface area contributed by atoms with Crippen molar-refractivity contribution in [3.05, 3.63) is 86.6 Å². The summed E-state index contributed by atoms with van der Waals surface area (Å²) in [7, 11) is 0. The maximum Gasteiger partial charge on any atom is 0.231 e. The highest BCUT2D eigenvalue weighted by molar-refractivity contribution is 6.53. The first-order valence-corrected chi connectivity index (χ1v) is 11.6. The van der Waals surface area contributed by atoms with Crippen LogP contribution in [0.5, 0.6) is 0 Å². The van der Waals surface area contributed by atoms with Crippen LogP contribution in [0.25, 0.3) is 0 Å². The SMILES string of the molecule is Nc1ccc(CC(=O)c2cc(NC(=O)C3C(c4cc(Cl)cc(Cl)c4)C3(Cl)Cl)ccc2Cl)nc1. The molecule has 170 valence electrons. The van der Waals surface area contributed by atoms with E-state index < -0.39 is 22.1 Å². The summed E-state index contributed by atoms with van der Waals surface area (Å²) in [5, 5.41) is 3.87. The standard InChI is InChI=1S/C23H16Cl5N3O2/c24-12-5-11(6-13(25)7-12)20-21(23(20,27)28)22(33)31-16-3-4-18(26)17(8-16)19(32)9-15-2-1-14(29)10-30-15/h1-8,10,20-21H,9,29H2,(H,31,33). The summed E-state index contributed by atoms with van der Waals surface area (Å²) in [6.07, 6.45) is 1.51. The number of carbonyl (C=O) groups is 2. The van der Waals surface area contributed by atoms with Gasteiger partial charge < -0.3 is 11.1 Å². The highest BCUT2D eigenvalue weighted by Crippen LogP contribution is 2.65. The molecule has 0 spiro atoms. The monoisotopic (exact) mass is 541 g/mol. The van der Waals surface area contributed by atoms with Crippen LogP contribution >= 0.6 is 58.0 Å². The molecule has 0 bridgehead atoms. The molecule has 0 aliphatic heterocycles. The first kappa shape index (κ1) is 24.1. The summed E-state index contributed by atoms with van der Waals surface area (Å²) < 4.78 is -1.32. The zero-order valence-electron chi connectivity index (χ0n) is 16.8. The average molecular weight is 544 g/mol. The third kappa shape index (κ3) is 5.23. The van der Waals surface area contributed by atoms with Crippen molar-refractivity contribution >= 4 is 81.1 Å². The molecular formula is C23H16Cl5N3O2. The quantitative estimate of drug-likeness (QED) is 0.272. The molecule has 5 nitrogen and oxygen atoms in total. The van der Waals surface area contributed by atoms with Crippen LogP contribution in [0.4, 0.5) is 11.4 Å². The van der Waals surface area contributed by atoms with Gasteiger partial charge in [-0.2, -0.15) is 0 Å². The number of nitrogens with zero attached hydrogens (tertiary/aromatic N) is 1. The van der Waals surface area contributed by atoms with Crippen molar-refractivity contribution in [2.45, 2.75) is 16.7 Å². The lowest BCUT2D eigenvalue weighted by Crippen LogP contribution is -2.17. The van der Waals surface area contributed by atoms with Gasteiger partial charge in [-0.1, -0.05) is 34.8 Å². The van der Waals surface area contributed by atoms with Crippen molar-refractivity contribution in [1.82, 2.24) is 4.98 Å². The molecule has 10 heteroatoms. The van der Waals surface area contributed by atoms with Gasteiger partial charge in [0.05, 0.1) is 29.2 Å². The Kier molecular flexibility index (Phi) is 6.81. The Bertz CT molecular complexity index is 1230. The van der Waals surface area contributed by atoms with Crippen LogP contribution in [0.1, 0.15) is 27.5 Å². The van der Waals surface area contributed by atoms with E-state index in [-0.39, 0.29) is 22.8 Å². The first-order valence-electron chi connectivity index (χ1n) is 9.74. The number of ketones is 1. The van der Waals surface area contributed by atoms with Crippen LogP contribution in [-0.4, -0.2) is 21.0 Å². The van der Waals surface area contributed by atoms with Gasteiger partial charge in [0.15, 0.2) is 5.78 Å². The summed E-state index contributed by atoms with van der Waals surface area (Å²) in [5.41, 5.74) is 7.99. The van der Waals surface area contributed by atoms with E-state index in [0.717, 1.165) is 0 Å².